The van der Waals surface area contributed by atoms with E-state index in [2.05, 4.69) is 25.2 Å². The van der Waals surface area contributed by atoms with Crippen LogP contribution in [0.3, 0.4) is 0 Å². The van der Waals surface area contributed by atoms with Crippen molar-refractivity contribution in [3.63, 3.8) is 0 Å². The van der Waals surface area contributed by atoms with Gasteiger partial charge in [-0.05, 0) is 6.92 Å². The molecular weight excluding hydrogens is 332 g/mol. The third-order valence-electron chi connectivity index (χ3n) is 3.50. The zero-order valence-corrected chi connectivity index (χ0v) is 13.1. The van der Waals surface area contributed by atoms with E-state index in [4.69, 9.17) is 4.74 Å². The number of nitroso groups, excluding NO2 is 1. The second-order valence-electron chi connectivity index (χ2n) is 5.05. The summed E-state index contributed by atoms with van der Waals surface area (Å²) in [5, 5.41) is 16.0. The lowest BCUT2D eigenvalue weighted by Crippen LogP contribution is -2.10. The van der Waals surface area contributed by atoms with Gasteiger partial charge in [0.15, 0.2) is 11.6 Å². The highest BCUT2D eigenvalue weighted by atomic mass is 16.5. The number of pyridine rings is 1. The van der Waals surface area contributed by atoms with Gasteiger partial charge in [0.1, 0.15) is 18.2 Å². The number of methoxy groups -OCH3 is 1. The molecule has 128 valence electrons. The predicted molar refractivity (Wildman–Crippen MR) is 83.3 cm³/mol. The zero-order valence-electron chi connectivity index (χ0n) is 13.1. The van der Waals surface area contributed by atoms with Crippen LogP contribution in [0.4, 0.5) is 0 Å². The summed E-state index contributed by atoms with van der Waals surface area (Å²) in [5.74, 6) is -1.81. The number of aromatic amines is 1. The van der Waals surface area contributed by atoms with Gasteiger partial charge in [0, 0.05) is 11.4 Å². The SMILES string of the molecule is COc1cnc(-n2cnc(C(C)O)n2)c2[nH]cc(C(=O)C(=O)N=O)c12. The number of fused-ring (bicyclic) bond motifs is 1. The summed E-state index contributed by atoms with van der Waals surface area (Å²) in [6.45, 7) is 1.51. The number of hydrogen-bond acceptors (Lipinski definition) is 8. The molecule has 3 aromatic heterocycles. The predicted octanol–water partition coefficient (Wildman–Crippen LogP) is 0.681. The molecule has 0 aliphatic heterocycles. The molecule has 0 bridgehead atoms. The second-order valence-corrected chi connectivity index (χ2v) is 5.05. The minimum atomic E-state index is -1.42. The number of Topliss-reactive ketones (excluding diaryl/α,β-unsaturated/α-hetero) is 1. The third-order valence-corrected chi connectivity index (χ3v) is 3.50. The van der Waals surface area contributed by atoms with Crippen molar-refractivity contribution < 1.29 is 19.4 Å². The standard InChI is InChI=1S/C14H12N6O5/c1-6(21)12-17-5-20(18-12)13-10-9(8(25-2)4-16-13)7(3-15-10)11(22)14(23)19-24/h3-6,15,21H,1-2H3. The summed E-state index contributed by atoms with van der Waals surface area (Å²) >= 11 is 0. The molecular formula is C14H12N6O5. The summed E-state index contributed by atoms with van der Waals surface area (Å²) in [7, 11) is 1.37. The van der Waals surface area contributed by atoms with E-state index in [1.165, 1.54) is 37.4 Å². The molecule has 0 aliphatic carbocycles. The van der Waals surface area contributed by atoms with E-state index in [-0.39, 0.29) is 28.3 Å². The molecule has 2 N–H and O–H groups in total. The summed E-state index contributed by atoms with van der Waals surface area (Å²) in [5.41, 5.74) is 0.263. The van der Waals surface area contributed by atoms with E-state index >= 15 is 0 Å². The van der Waals surface area contributed by atoms with Gasteiger partial charge in [-0.25, -0.2) is 14.6 Å². The van der Waals surface area contributed by atoms with Crippen LogP contribution in [-0.4, -0.2) is 48.6 Å². The van der Waals surface area contributed by atoms with Crippen LogP contribution in [0.15, 0.2) is 23.9 Å². The fraction of sp³-hybridized carbons (Fsp3) is 0.214. The largest absolute Gasteiger partial charge is 0.494 e. The molecule has 3 rings (SSSR count). The molecule has 0 spiro atoms. The first kappa shape index (κ1) is 16.4. The Bertz CT molecular complexity index is 989. The van der Waals surface area contributed by atoms with E-state index in [1.807, 2.05) is 0 Å². The minimum Gasteiger partial charge on any atom is -0.494 e. The van der Waals surface area contributed by atoms with Crippen molar-refractivity contribution in [3.05, 3.63) is 35.0 Å². The quantitative estimate of drug-likeness (QED) is 0.389. The molecule has 11 nitrogen and oxygen atoms in total. The molecule has 0 fully saturated rings. The Morgan fingerprint density at radius 1 is 1.40 bits per heavy atom. The Labute approximate surface area is 139 Å². The van der Waals surface area contributed by atoms with Crippen LogP contribution in [0, 0.1) is 4.91 Å². The molecule has 3 aromatic rings. The van der Waals surface area contributed by atoms with Crippen molar-refractivity contribution in [1.82, 2.24) is 24.7 Å². The Kier molecular flexibility index (Phi) is 4.07. The molecule has 0 saturated carbocycles. The van der Waals surface area contributed by atoms with Crippen molar-refractivity contribution in [3.8, 4) is 11.6 Å². The van der Waals surface area contributed by atoms with Gasteiger partial charge in [-0.15, -0.1) is 10.0 Å². The van der Waals surface area contributed by atoms with Crippen LogP contribution in [0.25, 0.3) is 16.7 Å². The van der Waals surface area contributed by atoms with Gasteiger partial charge >= 0.3 is 5.91 Å². The average Bonchev–Trinajstić information content (AvgIpc) is 3.27. The number of aromatic nitrogens is 5. The van der Waals surface area contributed by atoms with Crippen LogP contribution < -0.4 is 4.74 Å². The number of carbonyl (C=O) groups is 2. The second kappa shape index (κ2) is 6.20. The molecule has 0 aromatic carbocycles. The highest BCUT2D eigenvalue weighted by Gasteiger charge is 2.25. The number of carbonyl (C=O) groups excluding carboxylic acids is 2. The first-order valence-electron chi connectivity index (χ1n) is 7.04. The van der Waals surface area contributed by atoms with E-state index in [9.17, 15) is 19.6 Å². The Balaban J connectivity index is 2.22. The monoisotopic (exact) mass is 344 g/mol. The number of H-pyrrole nitrogens is 1. The number of aliphatic hydroxyl groups excluding tert-OH is 1. The third kappa shape index (κ3) is 2.65. The van der Waals surface area contributed by atoms with Crippen LogP contribution in [0.2, 0.25) is 0 Å². The van der Waals surface area contributed by atoms with Gasteiger partial charge in [-0.1, -0.05) is 0 Å². The molecule has 25 heavy (non-hydrogen) atoms. The van der Waals surface area contributed by atoms with Gasteiger partial charge in [-0.3, -0.25) is 9.59 Å². The Morgan fingerprint density at radius 3 is 2.76 bits per heavy atom. The number of hydrogen-bond donors (Lipinski definition) is 2. The normalized spacial score (nSPS) is 12.1. The first-order chi connectivity index (χ1) is 12.0. The van der Waals surface area contributed by atoms with Crippen molar-refractivity contribution in [2.75, 3.05) is 7.11 Å². The lowest BCUT2D eigenvalue weighted by molar-refractivity contribution is -0.114. The number of rotatable bonds is 5. The van der Waals surface area contributed by atoms with E-state index in [1.54, 1.807) is 0 Å². The van der Waals surface area contributed by atoms with Gasteiger partial charge in [-0.2, -0.15) is 0 Å². The van der Waals surface area contributed by atoms with E-state index in [0.717, 1.165) is 0 Å². The maximum Gasteiger partial charge on any atom is 0.357 e. The maximum absolute atomic E-state index is 12.1. The van der Waals surface area contributed by atoms with Crippen molar-refractivity contribution in [2.24, 2.45) is 5.18 Å². The molecule has 0 aliphatic rings. The summed E-state index contributed by atoms with van der Waals surface area (Å²) in [4.78, 5) is 44.7. The van der Waals surface area contributed by atoms with Gasteiger partial charge in [0.25, 0.3) is 5.78 Å². The number of amides is 1. The smallest absolute Gasteiger partial charge is 0.357 e. The first-order valence-corrected chi connectivity index (χ1v) is 7.04. The molecule has 0 saturated heterocycles. The average molecular weight is 344 g/mol. The molecule has 11 heteroatoms. The maximum atomic E-state index is 12.1. The summed E-state index contributed by atoms with van der Waals surface area (Å²) in [6.07, 6.45) is 3.07. The minimum absolute atomic E-state index is 0.0732. The lowest BCUT2D eigenvalue weighted by Gasteiger charge is -2.07. The molecule has 3 heterocycles. The summed E-state index contributed by atoms with van der Waals surface area (Å²) in [6, 6.07) is 0. The van der Waals surface area contributed by atoms with Crippen molar-refractivity contribution >= 4 is 22.6 Å². The fourth-order valence-corrected chi connectivity index (χ4v) is 2.34. The summed E-state index contributed by atoms with van der Waals surface area (Å²) < 4.78 is 6.48. The van der Waals surface area contributed by atoms with Gasteiger partial charge in [0.2, 0.25) is 0 Å². The molecule has 1 atom stereocenters. The number of aliphatic hydroxyl groups is 1. The van der Waals surface area contributed by atoms with Crippen LogP contribution >= 0.6 is 0 Å². The number of ether oxygens (including phenoxy) is 1. The molecule has 1 unspecified atom stereocenters. The molecule has 0 radical (unpaired) electrons. The number of nitrogens with zero attached hydrogens (tertiary/aromatic N) is 5. The highest BCUT2D eigenvalue weighted by Crippen LogP contribution is 2.31. The fourth-order valence-electron chi connectivity index (χ4n) is 2.34. The van der Waals surface area contributed by atoms with Crippen LogP contribution in [-0.2, 0) is 4.79 Å². The van der Waals surface area contributed by atoms with E-state index < -0.39 is 17.8 Å². The van der Waals surface area contributed by atoms with Crippen LogP contribution in [0.5, 0.6) is 5.75 Å². The van der Waals surface area contributed by atoms with E-state index in [0.29, 0.717) is 5.52 Å². The lowest BCUT2D eigenvalue weighted by atomic mass is 10.1. The van der Waals surface area contributed by atoms with Crippen molar-refractivity contribution in [1.29, 1.82) is 0 Å². The topological polar surface area (TPSA) is 152 Å². The van der Waals surface area contributed by atoms with Gasteiger partial charge < -0.3 is 14.8 Å². The van der Waals surface area contributed by atoms with Crippen molar-refractivity contribution in [2.45, 2.75) is 13.0 Å². The van der Waals surface area contributed by atoms with Gasteiger partial charge in [0.05, 0.1) is 29.8 Å². The number of nitrogens with one attached hydrogen (secondary N) is 1. The highest BCUT2D eigenvalue weighted by molar-refractivity contribution is 6.45. The molecule has 1 amide bonds. The van der Waals surface area contributed by atoms with Crippen LogP contribution in [0.1, 0.15) is 29.2 Å². The number of ketones is 1. The zero-order chi connectivity index (χ0) is 18.1. The Morgan fingerprint density at radius 2 is 2.16 bits per heavy atom. The Hall–Kier alpha value is -3.47.